The van der Waals surface area contributed by atoms with E-state index >= 15 is 0 Å². The van der Waals surface area contributed by atoms with Gasteiger partial charge in [-0.1, -0.05) is 6.19 Å². The molecule has 0 radical (unpaired) electrons. The molecule has 0 N–H and O–H groups in total. The Kier molecular flexibility index (Phi) is 13.8. The van der Waals surface area contributed by atoms with Crippen LogP contribution in [0, 0.1) is 11.5 Å². The van der Waals surface area contributed by atoms with Crippen LogP contribution in [0.25, 0.3) is 5.32 Å². The van der Waals surface area contributed by atoms with E-state index in [9.17, 15) is 0 Å². The first-order valence-corrected chi connectivity index (χ1v) is 0.941. The Morgan fingerprint density at radius 1 is 1.83 bits per heavy atom. The normalized spacial score (nSPS) is 3.83. The van der Waals surface area contributed by atoms with Gasteiger partial charge in [-0.3, -0.25) is 0 Å². The van der Waals surface area contributed by atoms with Crippen LogP contribution in [0.3, 0.4) is 0 Å². The van der Waals surface area contributed by atoms with Gasteiger partial charge in [-0.2, -0.15) is 0 Å². The van der Waals surface area contributed by atoms with Gasteiger partial charge in [0.25, 0.3) is 0 Å². The number of nitriles is 1. The van der Waals surface area contributed by atoms with Crippen LogP contribution in [0.15, 0.2) is 0 Å². The molecule has 4 heteroatoms. The van der Waals surface area contributed by atoms with Crippen molar-refractivity contribution in [1.82, 2.24) is 0 Å². The molecule has 0 atom stereocenters. The van der Waals surface area contributed by atoms with Gasteiger partial charge < -0.3 is 15.4 Å². The third-order valence-electron chi connectivity index (χ3n) is 0.110. The van der Waals surface area contributed by atoms with E-state index in [2.05, 4.69) is 5.32 Å². The second-order valence-electron chi connectivity index (χ2n) is 0.335. The second-order valence-corrected chi connectivity index (χ2v) is 0.335. The third-order valence-corrected chi connectivity index (χ3v) is 0.110. The van der Waals surface area contributed by atoms with Crippen molar-refractivity contribution in [3.05, 3.63) is 5.32 Å². The third kappa shape index (κ3) is 9.03. The van der Waals surface area contributed by atoms with E-state index in [1.165, 1.54) is 6.19 Å². The number of rotatable bonds is 1. The molecule has 1 amide bonds. The fraction of sp³-hybridized carbons (Fsp3) is 0. The zero-order valence-electron chi connectivity index (χ0n) is 3.38. The SMILES string of the molecule is N#C[N-]C=O.[Na+]. The van der Waals surface area contributed by atoms with Crippen molar-refractivity contribution in [2.75, 3.05) is 0 Å². The molecule has 0 aliphatic heterocycles. The van der Waals surface area contributed by atoms with Crippen molar-refractivity contribution in [3.8, 4) is 6.19 Å². The van der Waals surface area contributed by atoms with Gasteiger partial charge in [0.1, 0.15) is 6.41 Å². The Morgan fingerprint density at radius 2 is 2.33 bits per heavy atom. The first kappa shape index (κ1) is 9.35. The molecule has 0 spiro atoms. The Bertz CT molecular complexity index is 66.4. The molecule has 0 aromatic carbocycles. The number of carbonyl (C=O) groups excluding carboxylic acids is 1. The minimum Gasteiger partial charge on any atom is -0.494 e. The fourth-order valence-electron chi connectivity index (χ4n) is 0.0236. The van der Waals surface area contributed by atoms with Crippen LogP contribution in [0.4, 0.5) is 0 Å². The summed E-state index contributed by atoms with van der Waals surface area (Å²) in [5.41, 5.74) is 0. The number of carbonyl (C=O) groups is 1. The van der Waals surface area contributed by atoms with E-state index in [0.717, 1.165) is 0 Å². The first-order valence-electron chi connectivity index (χ1n) is 0.941. The molecule has 0 fully saturated rings. The quantitative estimate of drug-likeness (QED) is 0.196. The molecule has 6 heavy (non-hydrogen) atoms. The minimum atomic E-state index is 0. The van der Waals surface area contributed by atoms with E-state index < -0.39 is 0 Å². The van der Waals surface area contributed by atoms with E-state index in [4.69, 9.17) is 10.1 Å². The fourth-order valence-corrected chi connectivity index (χ4v) is 0.0236. The number of amides is 1. The van der Waals surface area contributed by atoms with E-state index in [0.29, 0.717) is 0 Å². The summed E-state index contributed by atoms with van der Waals surface area (Å²) in [6.45, 7) is 0. The monoisotopic (exact) mass is 92.0 g/mol. The minimum absolute atomic E-state index is 0. The molecule has 0 bridgehead atoms. The molecule has 0 aliphatic carbocycles. The maximum Gasteiger partial charge on any atom is 1.00 e. The van der Waals surface area contributed by atoms with Crippen LogP contribution in [-0.2, 0) is 4.79 Å². The van der Waals surface area contributed by atoms with Crippen LogP contribution < -0.4 is 29.6 Å². The van der Waals surface area contributed by atoms with Gasteiger partial charge in [-0.15, -0.1) is 0 Å². The summed E-state index contributed by atoms with van der Waals surface area (Å²) in [5, 5.41) is 10.0. The van der Waals surface area contributed by atoms with E-state index in [1.54, 1.807) is 0 Å². The molecule has 0 rings (SSSR count). The largest absolute Gasteiger partial charge is 1.00 e. The summed E-state index contributed by atoms with van der Waals surface area (Å²) in [5.74, 6) is 0. The summed E-state index contributed by atoms with van der Waals surface area (Å²) in [6.07, 6.45) is 1.47. The van der Waals surface area contributed by atoms with Gasteiger partial charge in [-0.05, 0) is 0 Å². The van der Waals surface area contributed by atoms with Gasteiger partial charge in [0.15, 0.2) is 0 Å². The van der Waals surface area contributed by atoms with Crippen LogP contribution in [0.5, 0.6) is 0 Å². The molecule has 0 saturated heterocycles. The zero-order chi connectivity index (χ0) is 4.12. The molecule has 0 aromatic heterocycles. The topological polar surface area (TPSA) is 55.0 Å². The van der Waals surface area contributed by atoms with E-state index in [1.807, 2.05) is 0 Å². The van der Waals surface area contributed by atoms with Crippen LogP contribution in [0.2, 0.25) is 0 Å². The maximum absolute atomic E-state index is 9.02. The van der Waals surface area contributed by atoms with Crippen molar-refractivity contribution in [2.24, 2.45) is 0 Å². The summed E-state index contributed by atoms with van der Waals surface area (Å²) >= 11 is 0. The molecule has 26 valence electrons. The Hall–Kier alpha value is -0.0400. The Balaban J connectivity index is 0. The average molecular weight is 92.0 g/mol. The molecule has 0 heterocycles. The van der Waals surface area contributed by atoms with Crippen molar-refractivity contribution in [2.45, 2.75) is 0 Å². The average Bonchev–Trinajstić information content (AvgIpc) is 1.41. The predicted molar refractivity (Wildman–Crippen MR) is 15.0 cm³/mol. The van der Waals surface area contributed by atoms with Crippen LogP contribution >= 0.6 is 0 Å². The van der Waals surface area contributed by atoms with Gasteiger partial charge in [0.2, 0.25) is 0 Å². The molecular weight excluding hydrogens is 91.0 g/mol. The van der Waals surface area contributed by atoms with Crippen LogP contribution in [0.1, 0.15) is 0 Å². The van der Waals surface area contributed by atoms with E-state index in [-0.39, 0.29) is 36.0 Å². The van der Waals surface area contributed by atoms with Gasteiger partial charge in [0, 0.05) is 0 Å². The molecule has 0 saturated carbocycles. The molecular formula is C2HN2NaO. The Morgan fingerprint density at radius 3 is 2.33 bits per heavy atom. The summed E-state index contributed by atoms with van der Waals surface area (Å²) in [6, 6.07) is 0. The van der Waals surface area contributed by atoms with Crippen molar-refractivity contribution >= 4 is 6.41 Å². The summed E-state index contributed by atoms with van der Waals surface area (Å²) in [7, 11) is 0. The molecule has 0 unspecified atom stereocenters. The second kappa shape index (κ2) is 8.88. The predicted octanol–water partition coefficient (Wildman–Crippen LogP) is -3.00. The first-order chi connectivity index (χ1) is 2.41. The molecule has 3 nitrogen and oxygen atoms in total. The zero-order valence-corrected chi connectivity index (χ0v) is 5.38. The van der Waals surface area contributed by atoms with Crippen molar-refractivity contribution in [1.29, 1.82) is 5.26 Å². The molecule has 0 aliphatic rings. The van der Waals surface area contributed by atoms with Gasteiger partial charge in [0.05, 0.1) is 0 Å². The maximum atomic E-state index is 9.02. The Labute approximate surface area is 57.6 Å². The summed E-state index contributed by atoms with van der Waals surface area (Å²) in [4.78, 5) is 9.02. The van der Waals surface area contributed by atoms with Crippen molar-refractivity contribution < 1.29 is 34.4 Å². The number of hydrogen-bond acceptors (Lipinski definition) is 2. The van der Waals surface area contributed by atoms with Crippen LogP contribution in [-0.4, -0.2) is 6.41 Å². The standard InChI is InChI=1S/C2H2N2O.Na/c3-1-4-2-5;/h2H,(H,4,5);/q;+1/p-1. The van der Waals surface area contributed by atoms with Gasteiger partial charge >= 0.3 is 29.6 Å². The summed E-state index contributed by atoms with van der Waals surface area (Å²) < 4.78 is 0. The molecule has 0 aromatic rings. The number of hydrogen-bond donors (Lipinski definition) is 0. The van der Waals surface area contributed by atoms with Gasteiger partial charge in [-0.25, -0.2) is 0 Å². The smallest absolute Gasteiger partial charge is 0.494 e. The van der Waals surface area contributed by atoms with Crippen molar-refractivity contribution in [3.63, 3.8) is 0 Å². The number of nitrogens with zero attached hydrogens (tertiary/aromatic N) is 2.